The number of allylic oxidation sites excluding steroid dienone is 1. The predicted molar refractivity (Wildman–Crippen MR) is 129 cm³/mol. The third-order valence-corrected chi connectivity index (χ3v) is 6.32. The second kappa shape index (κ2) is 7.93. The molecule has 1 aliphatic heterocycles. The Balaban J connectivity index is 1.61. The van der Waals surface area contributed by atoms with Crippen molar-refractivity contribution in [1.29, 1.82) is 0 Å². The summed E-state index contributed by atoms with van der Waals surface area (Å²) in [5, 5.41) is 17.1. The van der Waals surface area contributed by atoms with Gasteiger partial charge in [-0.05, 0) is 47.7 Å². The summed E-state index contributed by atoms with van der Waals surface area (Å²) in [6, 6.07) is 21.3. The first kappa shape index (κ1) is 21.0. The monoisotopic (exact) mass is 438 g/mol. The highest BCUT2D eigenvalue weighted by Gasteiger charge is 2.38. The highest BCUT2D eigenvalue weighted by atomic mass is 16.3. The van der Waals surface area contributed by atoms with Gasteiger partial charge in [-0.15, -0.1) is 0 Å². The third kappa shape index (κ3) is 4.02. The normalized spacial score (nSPS) is 19.0. The number of rotatable bonds is 3. The average molecular weight is 439 g/mol. The van der Waals surface area contributed by atoms with Crippen LogP contribution >= 0.6 is 0 Å². The van der Waals surface area contributed by atoms with E-state index >= 15 is 0 Å². The first-order valence-corrected chi connectivity index (χ1v) is 11.1. The van der Waals surface area contributed by atoms with E-state index in [-0.39, 0.29) is 22.7 Å². The van der Waals surface area contributed by atoms with E-state index in [0.717, 1.165) is 22.6 Å². The number of fused-ring (bicyclic) bond motifs is 1. The van der Waals surface area contributed by atoms with Gasteiger partial charge in [0.2, 0.25) is 0 Å². The zero-order valence-electron chi connectivity index (χ0n) is 18.7. The van der Waals surface area contributed by atoms with E-state index in [1.54, 1.807) is 36.4 Å². The molecule has 1 atom stereocenters. The van der Waals surface area contributed by atoms with Gasteiger partial charge in [-0.25, -0.2) is 0 Å². The number of aromatic hydroxyl groups is 1. The highest BCUT2D eigenvalue weighted by molar-refractivity contribution is 6.10. The number of hydrogen-bond donors (Lipinski definition) is 3. The summed E-state index contributed by atoms with van der Waals surface area (Å²) in [5.74, 6) is 0.187. The number of anilines is 2. The summed E-state index contributed by atoms with van der Waals surface area (Å²) in [5.41, 5.74) is 4.96. The number of benzene rings is 3. The van der Waals surface area contributed by atoms with Gasteiger partial charge >= 0.3 is 0 Å². The second-order valence-electron chi connectivity index (χ2n) is 9.59. The first-order valence-electron chi connectivity index (χ1n) is 11.1. The molecular formula is C28H26N2O3. The van der Waals surface area contributed by atoms with E-state index in [2.05, 4.69) is 24.5 Å². The van der Waals surface area contributed by atoms with Crippen molar-refractivity contribution in [3.05, 3.63) is 101 Å². The van der Waals surface area contributed by atoms with Crippen molar-refractivity contribution >= 4 is 22.9 Å². The summed E-state index contributed by atoms with van der Waals surface area (Å²) in [6.07, 6.45) is 1.17. The molecule has 0 radical (unpaired) electrons. The summed E-state index contributed by atoms with van der Waals surface area (Å²) in [4.78, 5) is 26.4. The van der Waals surface area contributed by atoms with Crippen LogP contribution in [-0.4, -0.2) is 16.7 Å². The van der Waals surface area contributed by atoms with Gasteiger partial charge in [-0.3, -0.25) is 9.59 Å². The lowest BCUT2D eigenvalue weighted by molar-refractivity contribution is -0.118. The van der Waals surface area contributed by atoms with E-state index in [9.17, 15) is 14.7 Å². The van der Waals surface area contributed by atoms with Crippen LogP contribution < -0.4 is 10.6 Å². The SMILES string of the molecule is CC1(C)CC(=O)C2=C(C1)Nc1cc(C(=O)c3ccccc3)ccc1N[C@H]2c1cccc(O)c1. The maximum absolute atomic E-state index is 13.3. The molecule has 5 rings (SSSR count). The van der Waals surface area contributed by atoms with Crippen LogP contribution in [0, 0.1) is 5.41 Å². The number of nitrogens with one attached hydrogen (secondary N) is 2. The summed E-state index contributed by atoms with van der Waals surface area (Å²) in [7, 11) is 0. The minimum Gasteiger partial charge on any atom is -0.508 e. The van der Waals surface area contributed by atoms with E-state index < -0.39 is 6.04 Å². The Labute approximate surface area is 193 Å². The van der Waals surface area contributed by atoms with Crippen molar-refractivity contribution < 1.29 is 14.7 Å². The molecule has 0 bridgehead atoms. The molecule has 0 spiro atoms. The van der Waals surface area contributed by atoms with Gasteiger partial charge in [0, 0.05) is 28.8 Å². The highest BCUT2D eigenvalue weighted by Crippen LogP contribution is 2.46. The molecule has 0 fully saturated rings. The van der Waals surface area contributed by atoms with Crippen LogP contribution in [-0.2, 0) is 4.79 Å². The first-order chi connectivity index (χ1) is 15.8. The Morgan fingerprint density at radius 1 is 0.909 bits per heavy atom. The fraction of sp³-hybridized carbons (Fsp3) is 0.214. The van der Waals surface area contributed by atoms with E-state index in [1.807, 2.05) is 36.4 Å². The van der Waals surface area contributed by atoms with Gasteiger partial charge in [0.1, 0.15) is 5.75 Å². The molecule has 1 aliphatic carbocycles. The fourth-order valence-corrected chi connectivity index (χ4v) is 4.80. The number of ketones is 2. The largest absolute Gasteiger partial charge is 0.508 e. The lowest BCUT2D eigenvalue weighted by Crippen LogP contribution is -2.31. The lowest BCUT2D eigenvalue weighted by Gasteiger charge is -2.34. The molecular weight excluding hydrogens is 412 g/mol. The molecule has 33 heavy (non-hydrogen) atoms. The molecule has 3 aromatic carbocycles. The van der Waals surface area contributed by atoms with Crippen LogP contribution in [0.2, 0.25) is 0 Å². The van der Waals surface area contributed by atoms with Gasteiger partial charge in [0.15, 0.2) is 11.6 Å². The van der Waals surface area contributed by atoms with E-state index in [4.69, 9.17) is 0 Å². The Kier molecular flexibility index (Phi) is 5.05. The number of Topliss-reactive ketones (excluding diaryl/α,β-unsaturated/α-hetero) is 1. The Hall–Kier alpha value is -3.86. The molecule has 0 amide bonds. The van der Waals surface area contributed by atoms with Crippen molar-refractivity contribution in [1.82, 2.24) is 0 Å². The molecule has 2 aliphatic rings. The molecule has 0 saturated heterocycles. The fourth-order valence-electron chi connectivity index (χ4n) is 4.80. The molecule has 0 unspecified atom stereocenters. The molecule has 0 aromatic heterocycles. The van der Waals surface area contributed by atoms with Crippen LogP contribution in [0.3, 0.4) is 0 Å². The standard InChI is InChI=1S/C28H26N2O3/c1-28(2)15-23-25(24(32)16-28)26(18-9-6-10-20(31)13-18)30-21-12-11-19(14-22(21)29-23)27(33)17-7-4-3-5-8-17/h3-14,26,29-31H,15-16H2,1-2H3/t26-/m0/s1. The van der Waals surface area contributed by atoms with Crippen LogP contribution in [0.15, 0.2) is 84.1 Å². The summed E-state index contributed by atoms with van der Waals surface area (Å²) < 4.78 is 0. The van der Waals surface area contributed by atoms with E-state index in [0.29, 0.717) is 29.5 Å². The molecule has 5 heteroatoms. The van der Waals surface area contributed by atoms with Crippen LogP contribution in [0.25, 0.3) is 0 Å². The van der Waals surface area contributed by atoms with Gasteiger partial charge < -0.3 is 15.7 Å². The Morgan fingerprint density at radius 3 is 2.45 bits per heavy atom. The predicted octanol–water partition coefficient (Wildman–Crippen LogP) is 5.85. The van der Waals surface area contributed by atoms with Gasteiger partial charge in [0.05, 0.1) is 17.4 Å². The average Bonchev–Trinajstić information content (AvgIpc) is 2.94. The zero-order chi connectivity index (χ0) is 23.2. The smallest absolute Gasteiger partial charge is 0.193 e. The van der Waals surface area contributed by atoms with Crippen LogP contribution in [0.1, 0.15) is 54.2 Å². The Bertz CT molecular complexity index is 1290. The summed E-state index contributed by atoms with van der Waals surface area (Å²) in [6.45, 7) is 4.18. The quantitative estimate of drug-likeness (QED) is 0.448. The minimum absolute atomic E-state index is 0.0526. The van der Waals surface area contributed by atoms with Gasteiger partial charge in [-0.2, -0.15) is 0 Å². The molecule has 0 saturated carbocycles. The van der Waals surface area contributed by atoms with Gasteiger partial charge in [-0.1, -0.05) is 56.3 Å². The minimum atomic E-state index is -0.403. The molecule has 3 aromatic rings. The zero-order valence-corrected chi connectivity index (χ0v) is 18.7. The number of phenols is 1. The topological polar surface area (TPSA) is 78.4 Å². The van der Waals surface area contributed by atoms with Crippen molar-refractivity contribution in [2.45, 2.75) is 32.7 Å². The van der Waals surface area contributed by atoms with Crippen molar-refractivity contribution in [2.24, 2.45) is 5.41 Å². The second-order valence-corrected chi connectivity index (χ2v) is 9.59. The molecule has 5 nitrogen and oxygen atoms in total. The lowest BCUT2D eigenvalue weighted by atomic mass is 9.73. The maximum atomic E-state index is 13.3. The molecule has 166 valence electrons. The van der Waals surface area contributed by atoms with Crippen molar-refractivity contribution in [3.8, 4) is 5.75 Å². The van der Waals surface area contributed by atoms with Crippen LogP contribution in [0.4, 0.5) is 11.4 Å². The van der Waals surface area contributed by atoms with E-state index in [1.165, 1.54) is 0 Å². The molecule has 3 N–H and O–H groups in total. The number of carbonyl (C=O) groups excluding carboxylic acids is 2. The number of phenolic OH excluding ortho intramolecular Hbond substituents is 1. The van der Waals surface area contributed by atoms with Crippen molar-refractivity contribution in [3.63, 3.8) is 0 Å². The third-order valence-electron chi connectivity index (χ3n) is 6.32. The number of hydrogen-bond acceptors (Lipinski definition) is 5. The molecule has 1 heterocycles. The summed E-state index contributed by atoms with van der Waals surface area (Å²) >= 11 is 0. The van der Waals surface area contributed by atoms with Crippen LogP contribution in [0.5, 0.6) is 5.75 Å². The number of carbonyl (C=O) groups is 2. The van der Waals surface area contributed by atoms with Crippen molar-refractivity contribution in [2.75, 3.05) is 10.6 Å². The maximum Gasteiger partial charge on any atom is 0.193 e. The Morgan fingerprint density at radius 2 is 1.70 bits per heavy atom. The van der Waals surface area contributed by atoms with Gasteiger partial charge in [0.25, 0.3) is 0 Å².